The van der Waals surface area contributed by atoms with Gasteiger partial charge in [-0.25, -0.2) is 0 Å². The number of benzene rings is 1. The van der Waals surface area contributed by atoms with E-state index in [-0.39, 0.29) is 23.1 Å². The summed E-state index contributed by atoms with van der Waals surface area (Å²) < 4.78 is 0. The molecule has 5 nitrogen and oxygen atoms in total. The van der Waals surface area contributed by atoms with E-state index >= 15 is 0 Å². The zero-order chi connectivity index (χ0) is 13.0. The van der Waals surface area contributed by atoms with Crippen LogP contribution in [-0.4, -0.2) is 36.0 Å². The SMILES string of the molecule is Cl.O=[N+]([O-])c1ccc(CN2CCCNCC2)cc1Cl. The van der Waals surface area contributed by atoms with Crippen molar-refractivity contribution in [2.75, 3.05) is 26.2 Å². The van der Waals surface area contributed by atoms with Gasteiger partial charge in [0.25, 0.3) is 5.69 Å². The van der Waals surface area contributed by atoms with Gasteiger partial charge in [0.2, 0.25) is 0 Å². The van der Waals surface area contributed by atoms with Gasteiger partial charge in [0, 0.05) is 25.7 Å². The van der Waals surface area contributed by atoms with E-state index < -0.39 is 4.92 Å². The Bertz CT molecular complexity index is 435. The van der Waals surface area contributed by atoms with Crippen LogP contribution >= 0.6 is 24.0 Å². The number of nitrogens with one attached hydrogen (secondary N) is 1. The first-order valence-electron chi connectivity index (χ1n) is 6.03. The molecule has 1 fully saturated rings. The number of nitro groups is 1. The minimum absolute atomic E-state index is 0. The predicted molar refractivity (Wildman–Crippen MR) is 78.1 cm³/mol. The van der Waals surface area contributed by atoms with Crippen molar-refractivity contribution >= 4 is 29.7 Å². The lowest BCUT2D eigenvalue weighted by Crippen LogP contribution is -2.27. The third kappa shape index (κ3) is 4.62. The number of hydrogen-bond acceptors (Lipinski definition) is 4. The van der Waals surface area contributed by atoms with Gasteiger partial charge >= 0.3 is 0 Å². The van der Waals surface area contributed by atoms with Crippen LogP contribution in [0, 0.1) is 10.1 Å². The van der Waals surface area contributed by atoms with E-state index in [0.29, 0.717) is 0 Å². The van der Waals surface area contributed by atoms with Gasteiger partial charge in [-0.3, -0.25) is 15.0 Å². The average Bonchev–Trinajstić information content (AvgIpc) is 2.57. The molecule has 7 heteroatoms. The van der Waals surface area contributed by atoms with E-state index in [4.69, 9.17) is 11.6 Å². The fourth-order valence-corrected chi connectivity index (χ4v) is 2.39. The van der Waals surface area contributed by atoms with E-state index in [1.54, 1.807) is 12.1 Å². The first-order valence-corrected chi connectivity index (χ1v) is 6.40. The van der Waals surface area contributed by atoms with Gasteiger partial charge in [0.1, 0.15) is 5.02 Å². The lowest BCUT2D eigenvalue weighted by Gasteiger charge is -2.19. The normalized spacial score (nSPS) is 16.5. The van der Waals surface area contributed by atoms with Gasteiger partial charge in [0.15, 0.2) is 0 Å². The molecule has 1 aromatic rings. The molecule has 0 radical (unpaired) electrons. The first-order chi connectivity index (χ1) is 8.66. The van der Waals surface area contributed by atoms with Crippen LogP contribution in [-0.2, 0) is 6.54 Å². The number of halogens is 2. The number of rotatable bonds is 3. The van der Waals surface area contributed by atoms with Gasteiger partial charge in [-0.1, -0.05) is 17.7 Å². The largest absolute Gasteiger partial charge is 0.315 e. The molecule has 1 saturated heterocycles. The predicted octanol–water partition coefficient (Wildman–Crippen LogP) is 2.47. The van der Waals surface area contributed by atoms with Crippen LogP contribution in [0.4, 0.5) is 5.69 Å². The fourth-order valence-electron chi connectivity index (χ4n) is 2.11. The summed E-state index contributed by atoms with van der Waals surface area (Å²) in [5.74, 6) is 0. The van der Waals surface area contributed by atoms with Crippen LogP contribution in [0.25, 0.3) is 0 Å². The Morgan fingerprint density at radius 3 is 2.84 bits per heavy atom. The molecule has 0 amide bonds. The van der Waals surface area contributed by atoms with Crippen LogP contribution in [0.1, 0.15) is 12.0 Å². The monoisotopic (exact) mass is 305 g/mol. The zero-order valence-corrected chi connectivity index (χ0v) is 12.0. The highest BCUT2D eigenvalue weighted by Gasteiger charge is 2.14. The highest BCUT2D eigenvalue weighted by Crippen LogP contribution is 2.25. The summed E-state index contributed by atoms with van der Waals surface area (Å²) in [6.07, 6.45) is 1.13. The first kappa shape index (κ1) is 16.2. The highest BCUT2D eigenvalue weighted by molar-refractivity contribution is 6.32. The van der Waals surface area contributed by atoms with Gasteiger partial charge in [-0.05, 0) is 31.1 Å². The Labute approximate surface area is 123 Å². The molecule has 0 aromatic heterocycles. The summed E-state index contributed by atoms with van der Waals surface area (Å²) in [6, 6.07) is 4.95. The summed E-state index contributed by atoms with van der Waals surface area (Å²) in [5, 5.41) is 14.2. The van der Waals surface area contributed by atoms with Crippen molar-refractivity contribution in [2.45, 2.75) is 13.0 Å². The maximum Gasteiger partial charge on any atom is 0.287 e. The summed E-state index contributed by atoms with van der Waals surface area (Å²) in [5.41, 5.74) is 0.991. The Kier molecular flexibility index (Phi) is 6.51. The third-order valence-electron chi connectivity index (χ3n) is 3.05. The smallest absolute Gasteiger partial charge is 0.287 e. The minimum Gasteiger partial charge on any atom is -0.315 e. The van der Waals surface area contributed by atoms with Crippen LogP contribution in [0.5, 0.6) is 0 Å². The molecule has 19 heavy (non-hydrogen) atoms. The molecule has 0 saturated carbocycles. The van der Waals surface area contributed by atoms with Gasteiger partial charge in [0.05, 0.1) is 4.92 Å². The molecule has 2 rings (SSSR count). The van der Waals surface area contributed by atoms with Crippen molar-refractivity contribution in [3.8, 4) is 0 Å². The van der Waals surface area contributed by atoms with Crippen molar-refractivity contribution in [1.82, 2.24) is 10.2 Å². The van der Waals surface area contributed by atoms with E-state index in [0.717, 1.165) is 44.7 Å². The summed E-state index contributed by atoms with van der Waals surface area (Å²) in [4.78, 5) is 12.5. The standard InChI is InChI=1S/C12H16ClN3O2.ClH/c13-11-8-10(2-3-12(11)16(17)18)9-15-6-1-4-14-5-7-15;/h2-3,8,14H,1,4-7,9H2;1H. The summed E-state index contributed by atoms with van der Waals surface area (Å²) >= 11 is 5.90. The fraction of sp³-hybridized carbons (Fsp3) is 0.500. The van der Waals surface area contributed by atoms with Crippen molar-refractivity contribution < 1.29 is 4.92 Å². The summed E-state index contributed by atoms with van der Waals surface area (Å²) in [6.45, 7) is 4.87. The average molecular weight is 306 g/mol. The Morgan fingerprint density at radius 2 is 2.16 bits per heavy atom. The molecule has 1 aromatic carbocycles. The zero-order valence-electron chi connectivity index (χ0n) is 10.5. The Hall–Kier alpha value is -0.880. The molecule has 0 unspecified atom stereocenters. The van der Waals surface area contributed by atoms with E-state index in [1.807, 2.05) is 0 Å². The molecule has 1 heterocycles. The molecule has 0 bridgehead atoms. The van der Waals surface area contributed by atoms with E-state index in [1.165, 1.54) is 6.07 Å². The molecule has 1 N–H and O–H groups in total. The maximum absolute atomic E-state index is 10.7. The molecule has 0 atom stereocenters. The third-order valence-corrected chi connectivity index (χ3v) is 3.35. The van der Waals surface area contributed by atoms with Crippen LogP contribution < -0.4 is 5.32 Å². The maximum atomic E-state index is 10.7. The molecule has 1 aliphatic rings. The van der Waals surface area contributed by atoms with Gasteiger partial charge in [-0.15, -0.1) is 12.4 Å². The van der Waals surface area contributed by atoms with Gasteiger partial charge in [-0.2, -0.15) is 0 Å². The lowest BCUT2D eigenvalue weighted by atomic mass is 10.2. The molecule has 0 aliphatic carbocycles. The second kappa shape index (κ2) is 7.65. The molecule has 0 spiro atoms. The lowest BCUT2D eigenvalue weighted by molar-refractivity contribution is -0.384. The molecular weight excluding hydrogens is 289 g/mol. The topological polar surface area (TPSA) is 58.4 Å². The van der Waals surface area contributed by atoms with Crippen molar-refractivity contribution in [2.24, 2.45) is 0 Å². The molecule has 1 aliphatic heterocycles. The number of nitrogens with zero attached hydrogens (tertiary/aromatic N) is 2. The Balaban J connectivity index is 0.00000180. The van der Waals surface area contributed by atoms with Crippen LogP contribution in [0.2, 0.25) is 5.02 Å². The quantitative estimate of drug-likeness (QED) is 0.688. The number of hydrogen-bond donors (Lipinski definition) is 1. The Morgan fingerprint density at radius 1 is 1.37 bits per heavy atom. The van der Waals surface area contributed by atoms with Crippen LogP contribution in [0.3, 0.4) is 0 Å². The summed E-state index contributed by atoms with van der Waals surface area (Å²) in [7, 11) is 0. The number of nitro benzene ring substituents is 1. The van der Waals surface area contributed by atoms with Crippen molar-refractivity contribution in [3.05, 3.63) is 38.9 Å². The van der Waals surface area contributed by atoms with E-state index in [9.17, 15) is 10.1 Å². The van der Waals surface area contributed by atoms with Gasteiger partial charge < -0.3 is 5.32 Å². The molecular formula is C12H17Cl2N3O2. The second-order valence-corrected chi connectivity index (χ2v) is 4.83. The molecule has 106 valence electrons. The van der Waals surface area contributed by atoms with Crippen LogP contribution in [0.15, 0.2) is 18.2 Å². The van der Waals surface area contributed by atoms with Crippen molar-refractivity contribution in [3.63, 3.8) is 0 Å². The van der Waals surface area contributed by atoms with E-state index in [2.05, 4.69) is 10.2 Å². The minimum atomic E-state index is -0.456. The second-order valence-electron chi connectivity index (χ2n) is 4.42. The highest BCUT2D eigenvalue weighted by atomic mass is 35.5. The van der Waals surface area contributed by atoms with Crippen molar-refractivity contribution in [1.29, 1.82) is 0 Å².